The van der Waals surface area contributed by atoms with E-state index in [1.807, 2.05) is 42.5 Å². The van der Waals surface area contributed by atoms with Gasteiger partial charge in [-0.15, -0.1) is 0 Å². The number of aryl methyl sites for hydroxylation is 2. The third kappa shape index (κ3) is 3.37. The minimum atomic E-state index is -0.113. The number of para-hydroxylation sites is 2. The zero-order valence-electron chi connectivity index (χ0n) is 16.8. The molecule has 2 aromatic carbocycles. The van der Waals surface area contributed by atoms with Crippen LogP contribution in [-0.2, 0) is 18.4 Å². The van der Waals surface area contributed by atoms with Gasteiger partial charge < -0.3 is 10.2 Å². The largest absolute Gasteiger partial charge is 0.348 e. The van der Waals surface area contributed by atoms with Crippen LogP contribution in [0.15, 0.2) is 47.3 Å². The Labute approximate surface area is 177 Å². The first kappa shape index (κ1) is 18.9. The molecule has 4 aromatic rings. The summed E-state index contributed by atoms with van der Waals surface area (Å²) in [5.41, 5.74) is 3.33. The predicted molar refractivity (Wildman–Crippen MR) is 121 cm³/mol. The summed E-state index contributed by atoms with van der Waals surface area (Å²) < 4.78 is 4.34. The van der Waals surface area contributed by atoms with Crippen molar-refractivity contribution in [3.63, 3.8) is 0 Å². The number of anilines is 2. The quantitative estimate of drug-likeness (QED) is 0.535. The number of nitrogens with one attached hydrogen (secondary N) is 1. The van der Waals surface area contributed by atoms with Crippen LogP contribution in [-0.4, -0.2) is 33.1 Å². The highest BCUT2D eigenvalue weighted by Gasteiger charge is 2.17. The average Bonchev–Trinajstić information content (AvgIpc) is 3.47. The first-order chi connectivity index (χ1) is 14.6. The zero-order valence-corrected chi connectivity index (χ0v) is 17.6. The number of hydrogen-bond acceptors (Lipinski definition) is 5. The second kappa shape index (κ2) is 7.60. The molecule has 0 spiro atoms. The van der Waals surface area contributed by atoms with E-state index >= 15 is 0 Å². The maximum Gasteiger partial charge on any atom is 0.328 e. The summed E-state index contributed by atoms with van der Waals surface area (Å²) in [6.45, 7) is 2.47. The van der Waals surface area contributed by atoms with Crippen molar-refractivity contribution in [3.05, 3.63) is 52.9 Å². The molecule has 0 aliphatic carbocycles. The molecule has 5 rings (SSSR count). The molecule has 0 bridgehead atoms. The number of thiazole rings is 1. The molecule has 8 heteroatoms. The summed E-state index contributed by atoms with van der Waals surface area (Å²) in [5, 5.41) is 4.02. The number of carbonyl (C=O) groups is 1. The van der Waals surface area contributed by atoms with Crippen LogP contribution < -0.4 is 15.9 Å². The zero-order chi connectivity index (χ0) is 20.7. The molecule has 7 nitrogen and oxygen atoms in total. The third-order valence-corrected chi connectivity index (χ3v) is 6.73. The van der Waals surface area contributed by atoms with Crippen molar-refractivity contribution in [3.8, 4) is 0 Å². The number of aromatic nitrogens is 3. The molecule has 1 N–H and O–H groups in total. The summed E-state index contributed by atoms with van der Waals surface area (Å²) in [6, 6.07) is 13.4. The van der Waals surface area contributed by atoms with Crippen LogP contribution in [0.4, 0.5) is 10.8 Å². The number of fused-ring (bicyclic) bond motifs is 2. The van der Waals surface area contributed by atoms with Gasteiger partial charge in [0.15, 0.2) is 5.13 Å². The monoisotopic (exact) mass is 421 g/mol. The summed E-state index contributed by atoms with van der Waals surface area (Å²) in [7, 11) is 1.75. The van der Waals surface area contributed by atoms with E-state index in [9.17, 15) is 9.59 Å². The molecule has 1 fully saturated rings. The van der Waals surface area contributed by atoms with E-state index in [4.69, 9.17) is 4.98 Å². The topological polar surface area (TPSA) is 72.2 Å². The molecule has 0 atom stereocenters. The van der Waals surface area contributed by atoms with Crippen LogP contribution in [0.1, 0.15) is 19.3 Å². The molecule has 1 aliphatic heterocycles. The van der Waals surface area contributed by atoms with E-state index in [0.29, 0.717) is 6.54 Å². The Morgan fingerprint density at radius 3 is 2.70 bits per heavy atom. The van der Waals surface area contributed by atoms with Crippen LogP contribution in [0, 0.1) is 0 Å². The maximum absolute atomic E-state index is 12.5. The second-order valence-corrected chi connectivity index (χ2v) is 8.66. The van der Waals surface area contributed by atoms with E-state index < -0.39 is 0 Å². The number of carbonyl (C=O) groups excluding carboxylic acids is 1. The summed E-state index contributed by atoms with van der Waals surface area (Å²) in [5.74, 6) is -0.113. The van der Waals surface area contributed by atoms with Crippen molar-refractivity contribution in [1.29, 1.82) is 0 Å². The Bertz CT molecular complexity index is 1300. The smallest absolute Gasteiger partial charge is 0.328 e. The fourth-order valence-corrected chi connectivity index (χ4v) is 5.11. The average molecular weight is 422 g/mol. The van der Waals surface area contributed by atoms with Crippen molar-refractivity contribution in [2.75, 3.05) is 23.3 Å². The van der Waals surface area contributed by atoms with Gasteiger partial charge in [-0.1, -0.05) is 23.5 Å². The molecule has 1 aliphatic rings. The van der Waals surface area contributed by atoms with Crippen LogP contribution in [0.3, 0.4) is 0 Å². The van der Waals surface area contributed by atoms with Crippen molar-refractivity contribution in [2.24, 2.45) is 7.05 Å². The lowest BCUT2D eigenvalue weighted by Gasteiger charge is -2.11. The molecular formula is C22H23N5O2S. The normalized spacial score (nSPS) is 14.1. The van der Waals surface area contributed by atoms with Gasteiger partial charge in [0.05, 0.1) is 21.3 Å². The van der Waals surface area contributed by atoms with Crippen LogP contribution in [0.5, 0.6) is 0 Å². The van der Waals surface area contributed by atoms with Gasteiger partial charge in [-0.25, -0.2) is 9.78 Å². The summed E-state index contributed by atoms with van der Waals surface area (Å²) in [4.78, 5) is 32.1. The Hall–Kier alpha value is -3.13. The third-order valence-electron chi connectivity index (χ3n) is 5.65. The standard InChI is InChI=1S/C22H23N5O2S/c1-25-17-6-2-3-7-18(17)27(22(25)29)13-10-20(28)23-15-8-9-16-19(14-15)30-21(24-16)26-11-4-5-12-26/h2-3,6-9,14H,4-5,10-13H2,1H3,(H,23,28). The van der Waals surface area contributed by atoms with Gasteiger partial charge in [-0.2, -0.15) is 0 Å². The minimum Gasteiger partial charge on any atom is -0.348 e. The molecule has 154 valence electrons. The van der Waals surface area contributed by atoms with Crippen molar-refractivity contribution < 1.29 is 4.79 Å². The fraction of sp³-hybridized carbons (Fsp3) is 0.318. The number of imidazole rings is 1. The lowest BCUT2D eigenvalue weighted by atomic mass is 10.2. The van der Waals surface area contributed by atoms with E-state index in [-0.39, 0.29) is 18.0 Å². The Balaban J connectivity index is 1.29. The van der Waals surface area contributed by atoms with Crippen LogP contribution >= 0.6 is 11.3 Å². The van der Waals surface area contributed by atoms with Gasteiger partial charge in [0.25, 0.3) is 0 Å². The van der Waals surface area contributed by atoms with Crippen molar-refractivity contribution >= 4 is 49.3 Å². The van der Waals surface area contributed by atoms with Gasteiger partial charge in [0.1, 0.15) is 0 Å². The van der Waals surface area contributed by atoms with Gasteiger partial charge in [0.2, 0.25) is 5.91 Å². The Kier molecular flexibility index (Phi) is 4.78. The number of benzene rings is 2. The number of nitrogens with zero attached hydrogens (tertiary/aromatic N) is 4. The second-order valence-electron chi connectivity index (χ2n) is 7.65. The van der Waals surface area contributed by atoms with Gasteiger partial charge >= 0.3 is 5.69 Å². The first-order valence-electron chi connectivity index (χ1n) is 10.2. The van der Waals surface area contributed by atoms with E-state index in [2.05, 4.69) is 10.2 Å². The Morgan fingerprint density at radius 2 is 1.90 bits per heavy atom. The predicted octanol–water partition coefficient (Wildman–Crippen LogP) is 3.58. The molecule has 30 heavy (non-hydrogen) atoms. The highest BCUT2D eigenvalue weighted by Crippen LogP contribution is 2.32. The highest BCUT2D eigenvalue weighted by molar-refractivity contribution is 7.22. The first-order valence-corrected chi connectivity index (χ1v) is 11.0. The van der Waals surface area contributed by atoms with Gasteiger partial charge in [0, 0.05) is 38.8 Å². The molecule has 0 unspecified atom stereocenters. The lowest BCUT2D eigenvalue weighted by Crippen LogP contribution is -2.24. The van der Waals surface area contributed by atoms with Crippen LogP contribution in [0.25, 0.3) is 21.3 Å². The minimum absolute atomic E-state index is 0.107. The molecule has 0 saturated carbocycles. The van der Waals surface area contributed by atoms with Crippen molar-refractivity contribution in [2.45, 2.75) is 25.8 Å². The lowest BCUT2D eigenvalue weighted by molar-refractivity contribution is -0.116. The van der Waals surface area contributed by atoms with E-state index in [1.54, 1.807) is 27.5 Å². The molecule has 2 aromatic heterocycles. The molecule has 1 amide bonds. The SMILES string of the molecule is Cn1c(=O)n(CCC(=O)Nc2ccc3nc(N4CCCC4)sc3c2)c2ccccc21. The maximum atomic E-state index is 12.5. The molecule has 3 heterocycles. The number of amides is 1. The van der Waals surface area contributed by atoms with Crippen LogP contribution in [0.2, 0.25) is 0 Å². The Morgan fingerprint density at radius 1 is 1.13 bits per heavy atom. The fourth-order valence-electron chi connectivity index (χ4n) is 4.05. The molecule has 1 saturated heterocycles. The summed E-state index contributed by atoms with van der Waals surface area (Å²) >= 11 is 1.67. The number of hydrogen-bond donors (Lipinski definition) is 1. The molecular weight excluding hydrogens is 398 g/mol. The van der Waals surface area contributed by atoms with E-state index in [0.717, 1.165) is 45.2 Å². The summed E-state index contributed by atoms with van der Waals surface area (Å²) in [6.07, 6.45) is 2.67. The highest BCUT2D eigenvalue weighted by atomic mass is 32.1. The van der Waals surface area contributed by atoms with Gasteiger partial charge in [-0.05, 0) is 43.2 Å². The van der Waals surface area contributed by atoms with Crippen molar-refractivity contribution in [1.82, 2.24) is 14.1 Å². The number of rotatable bonds is 5. The van der Waals surface area contributed by atoms with E-state index in [1.165, 1.54) is 12.8 Å². The molecule has 0 radical (unpaired) electrons. The van der Waals surface area contributed by atoms with Gasteiger partial charge in [-0.3, -0.25) is 13.9 Å².